The Morgan fingerprint density at radius 1 is 1.06 bits per heavy atom. The lowest BCUT2D eigenvalue weighted by Crippen LogP contribution is -2.25. The van der Waals surface area contributed by atoms with Gasteiger partial charge in [-0.05, 0) is 43.5 Å². The van der Waals surface area contributed by atoms with Crippen LogP contribution < -0.4 is 5.32 Å². The Morgan fingerprint density at radius 3 is 2.00 bits per heavy atom. The van der Waals surface area contributed by atoms with E-state index in [0.29, 0.717) is 6.04 Å². The van der Waals surface area contributed by atoms with Gasteiger partial charge in [-0.1, -0.05) is 50.4 Å². The molecule has 0 saturated carbocycles. The van der Waals surface area contributed by atoms with E-state index in [1.807, 2.05) is 12.1 Å². The first-order valence-corrected chi connectivity index (χ1v) is 7.03. The first-order chi connectivity index (χ1) is 8.22. The maximum Gasteiger partial charge on any atom is 0.0406 e. The van der Waals surface area contributed by atoms with E-state index in [9.17, 15) is 0 Å². The summed E-state index contributed by atoms with van der Waals surface area (Å²) in [4.78, 5) is 0. The van der Waals surface area contributed by atoms with E-state index in [2.05, 4.69) is 38.3 Å². The second-order valence-electron chi connectivity index (χ2n) is 4.66. The summed E-state index contributed by atoms with van der Waals surface area (Å²) in [6.45, 7) is 4.52. The standard InChI is InChI=1S/C15H24ClN/c1-4-6-12(7-5-2)15(17-3)13-8-10-14(16)11-9-13/h8-12,15,17H,4-7H2,1-3H3. The third kappa shape index (κ3) is 4.33. The molecule has 96 valence electrons. The Labute approximate surface area is 111 Å². The highest BCUT2D eigenvalue weighted by molar-refractivity contribution is 6.30. The molecule has 1 unspecified atom stereocenters. The summed E-state index contributed by atoms with van der Waals surface area (Å²) in [6.07, 6.45) is 5.05. The molecule has 0 amide bonds. The number of hydrogen-bond acceptors (Lipinski definition) is 1. The van der Waals surface area contributed by atoms with E-state index in [4.69, 9.17) is 11.6 Å². The second kappa shape index (κ2) is 7.73. The molecule has 0 aromatic heterocycles. The van der Waals surface area contributed by atoms with Crippen LogP contribution in [0.5, 0.6) is 0 Å². The third-order valence-corrected chi connectivity index (χ3v) is 3.58. The van der Waals surface area contributed by atoms with Crippen molar-refractivity contribution in [2.45, 2.75) is 45.6 Å². The Kier molecular flexibility index (Phi) is 6.61. The van der Waals surface area contributed by atoms with Gasteiger partial charge in [0.05, 0.1) is 0 Å². The van der Waals surface area contributed by atoms with Crippen molar-refractivity contribution in [1.82, 2.24) is 5.32 Å². The minimum atomic E-state index is 0.451. The smallest absolute Gasteiger partial charge is 0.0406 e. The minimum Gasteiger partial charge on any atom is -0.313 e. The lowest BCUT2D eigenvalue weighted by molar-refractivity contribution is 0.331. The zero-order valence-corrected chi connectivity index (χ0v) is 11.9. The van der Waals surface area contributed by atoms with E-state index in [0.717, 1.165) is 10.9 Å². The molecular formula is C15H24ClN. The maximum atomic E-state index is 5.94. The van der Waals surface area contributed by atoms with E-state index in [1.54, 1.807) is 0 Å². The Hall–Kier alpha value is -0.530. The first-order valence-electron chi connectivity index (χ1n) is 6.65. The van der Waals surface area contributed by atoms with E-state index >= 15 is 0 Å². The topological polar surface area (TPSA) is 12.0 Å². The van der Waals surface area contributed by atoms with Crippen molar-refractivity contribution < 1.29 is 0 Å². The van der Waals surface area contributed by atoms with Crippen molar-refractivity contribution in [3.63, 3.8) is 0 Å². The molecule has 0 spiro atoms. The third-order valence-electron chi connectivity index (χ3n) is 3.33. The summed E-state index contributed by atoms with van der Waals surface area (Å²) in [5.41, 5.74) is 1.35. The summed E-state index contributed by atoms with van der Waals surface area (Å²) in [6, 6.07) is 8.70. The largest absolute Gasteiger partial charge is 0.313 e. The van der Waals surface area contributed by atoms with Crippen molar-refractivity contribution in [2.75, 3.05) is 7.05 Å². The molecule has 17 heavy (non-hydrogen) atoms. The van der Waals surface area contributed by atoms with Crippen LogP contribution in [0.4, 0.5) is 0 Å². The van der Waals surface area contributed by atoms with Gasteiger partial charge >= 0.3 is 0 Å². The zero-order chi connectivity index (χ0) is 12.7. The second-order valence-corrected chi connectivity index (χ2v) is 5.09. The van der Waals surface area contributed by atoms with Crippen molar-refractivity contribution in [1.29, 1.82) is 0 Å². The molecule has 1 nitrogen and oxygen atoms in total. The van der Waals surface area contributed by atoms with Crippen LogP contribution in [0.3, 0.4) is 0 Å². The fourth-order valence-electron chi connectivity index (χ4n) is 2.56. The summed E-state index contributed by atoms with van der Waals surface area (Å²) in [5.74, 6) is 0.719. The number of halogens is 1. The summed E-state index contributed by atoms with van der Waals surface area (Å²) in [7, 11) is 2.05. The van der Waals surface area contributed by atoms with E-state index in [1.165, 1.54) is 31.2 Å². The number of hydrogen-bond donors (Lipinski definition) is 1. The van der Waals surface area contributed by atoms with Gasteiger partial charge in [-0.25, -0.2) is 0 Å². The first kappa shape index (κ1) is 14.5. The quantitative estimate of drug-likeness (QED) is 0.735. The Balaban J connectivity index is 2.83. The molecular weight excluding hydrogens is 230 g/mol. The van der Waals surface area contributed by atoms with Crippen molar-refractivity contribution in [2.24, 2.45) is 5.92 Å². The van der Waals surface area contributed by atoms with Gasteiger partial charge in [0.15, 0.2) is 0 Å². The van der Waals surface area contributed by atoms with Gasteiger partial charge in [0, 0.05) is 11.1 Å². The SMILES string of the molecule is CCCC(CCC)C(NC)c1ccc(Cl)cc1. The number of rotatable bonds is 7. The lowest BCUT2D eigenvalue weighted by Gasteiger charge is -2.27. The molecule has 0 bridgehead atoms. The number of benzene rings is 1. The van der Waals surface area contributed by atoms with Crippen LogP contribution >= 0.6 is 11.6 Å². The molecule has 0 heterocycles. The monoisotopic (exact) mass is 253 g/mol. The van der Waals surface area contributed by atoms with Gasteiger partial charge in [-0.2, -0.15) is 0 Å². The zero-order valence-electron chi connectivity index (χ0n) is 11.2. The summed E-state index contributed by atoms with van der Waals surface area (Å²) in [5, 5.41) is 4.28. The lowest BCUT2D eigenvalue weighted by atomic mass is 9.86. The molecule has 1 atom stereocenters. The normalized spacial score (nSPS) is 13.0. The minimum absolute atomic E-state index is 0.451. The maximum absolute atomic E-state index is 5.94. The molecule has 0 fully saturated rings. The predicted octanol–water partition coefficient (Wildman–Crippen LogP) is 4.82. The van der Waals surface area contributed by atoms with Crippen LogP contribution in [0.25, 0.3) is 0 Å². The van der Waals surface area contributed by atoms with Crippen LogP contribution in [0.1, 0.15) is 51.1 Å². The molecule has 2 heteroatoms. The van der Waals surface area contributed by atoms with E-state index < -0.39 is 0 Å². The summed E-state index contributed by atoms with van der Waals surface area (Å²) < 4.78 is 0. The van der Waals surface area contributed by atoms with Gasteiger partial charge in [0.25, 0.3) is 0 Å². The fourth-order valence-corrected chi connectivity index (χ4v) is 2.69. The van der Waals surface area contributed by atoms with Crippen molar-refractivity contribution in [3.8, 4) is 0 Å². The molecule has 0 radical (unpaired) electrons. The average molecular weight is 254 g/mol. The molecule has 1 aromatic rings. The molecule has 1 rings (SSSR count). The predicted molar refractivity (Wildman–Crippen MR) is 76.6 cm³/mol. The van der Waals surface area contributed by atoms with E-state index in [-0.39, 0.29) is 0 Å². The van der Waals surface area contributed by atoms with Crippen LogP contribution in [0.2, 0.25) is 5.02 Å². The van der Waals surface area contributed by atoms with Gasteiger partial charge in [-0.3, -0.25) is 0 Å². The average Bonchev–Trinajstić information content (AvgIpc) is 2.33. The van der Waals surface area contributed by atoms with Gasteiger partial charge < -0.3 is 5.32 Å². The van der Waals surface area contributed by atoms with Crippen molar-refractivity contribution in [3.05, 3.63) is 34.9 Å². The highest BCUT2D eigenvalue weighted by Crippen LogP contribution is 2.29. The number of nitrogens with one attached hydrogen (secondary N) is 1. The molecule has 0 aliphatic rings. The van der Waals surface area contributed by atoms with Crippen LogP contribution in [-0.4, -0.2) is 7.05 Å². The highest BCUT2D eigenvalue weighted by atomic mass is 35.5. The molecule has 0 aliphatic carbocycles. The van der Waals surface area contributed by atoms with Gasteiger partial charge in [0.2, 0.25) is 0 Å². The molecule has 0 aliphatic heterocycles. The van der Waals surface area contributed by atoms with Gasteiger partial charge in [0.1, 0.15) is 0 Å². The molecule has 1 N–H and O–H groups in total. The van der Waals surface area contributed by atoms with Crippen LogP contribution in [-0.2, 0) is 0 Å². The molecule has 1 aromatic carbocycles. The highest BCUT2D eigenvalue weighted by Gasteiger charge is 2.19. The summed E-state index contributed by atoms with van der Waals surface area (Å²) >= 11 is 5.94. The van der Waals surface area contributed by atoms with Crippen molar-refractivity contribution >= 4 is 11.6 Å². The van der Waals surface area contributed by atoms with Crippen LogP contribution in [0, 0.1) is 5.92 Å². The van der Waals surface area contributed by atoms with Gasteiger partial charge in [-0.15, -0.1) is 0 Å². The van der Waals surface area contributed by atoms with Crippen LogP contribution in [0.15, 0.2) is 24.3 Å². The molecule has 0 saturated heterocycles. The fraction of sp³-hybridized carbons (Fsp3) is 0.600. The Bertz CT molecular complexity index is 301. The Morgan fingerprint density at radius 2 is 1.59 bits per heavy atom.